The molecule has 1 aliphatic rings. The molecule has 1 heterocycles. The molecule has 1 N–H and O–H groups in total. The number of aliphatic hydroxyl groups is 1. The fraction of sp³-hybridized carbons (Fsp3) is 1.00. The van der Waals surface area contributed by atoms with Crippen molar-refractivity contribution < 1.29 is 9.84 Å². The van der Waals surface area contributed by atoms with E-state index in [0.29, 0.717) is 0 Å². The minimum atomic E-state index is 0.00361. The summed E-state index contributed by atoms with van der Waals surface area (Å²) in [6, 6.07) is 0. The monoisotopic (exact) mass is 172 g/mol. The van der Waals surface area contributed by atoms with Gasteiger partial charge in [-0.05, 0) is 19.3 Å². The molecule has 0 aliphatic carbocycles. The molecule has 2 atom stereocenters. The van der Waals surface area contributed by atoms with Crippen LogP contribution in [0.3, 0.4) is 0 Å². The Morgan fingerprint density at radius 1 is 1.50 bits per heavy atom. The van der Waals surface area contributed by atoms with Crippen LogP contribution in [0.2, 0.25) is 0 Å². The standard InChI is InChI=1S/C10H20O2/c1-8(2)5-4-6-10(3)9(7-11)12-10/h8-9,11H,4-7H2,1-3H3/t9-,10-/m0/s1. The fourth-order valence-corrected chi connectivity index (χ4v) is 1.60. The van der Waals surface area contributed by atoms with Crippen molar-refractivity contribution in [1.29, 1.82) is 0 Å². The second-order valence-electron chi connectivity index (χ2n) is 4.39. The lowest BCUT2D eigenvalue weighted by Crippen LogP contribution is -2.12. The molecule has 0 saturated carbocycles. The summed E-state index contributed by atoms with van der Waals surface area (Å²) in [5, 5.41) is 8.83. The van der Waals surface area contributed by atoms with Crippen LogP contribution in [-0.2, 0) is 4.74 Å². The van der Waals surface area contributed by atoms with E-state index in [9.17, 15) is 0 Å². The topological polar surface area (TPSA) is 32.8 Å². The molecule has 0 bridgehead atoms. The zero-order valence-electron chi connectivity index (χ0n) is 8.34. The van der Waals surface area contributed by atoms with Gasteiger partial charge in [0.25, 0.3) is 0 Å². The minimum absolute atomic E-state index is 0.00361. The predicted molar refractivity (Wildman–Crippen MR) is 49.1 cm³/mol. The average molecular weight is 172 g/mol. The summed E-state index contributed by atoms with van der Waals surface area (Å²) in [5.74, 6) is 0.778. The highest BCUT2D eigenvalue weighted by atomic mass is 16.6. The molecule has 0 unspecified atom stereocenters. The first-order valence-electron chi connectivity index (χ1n) is 4.87. The molecule has 1 rings (SSSR count). The van der Waals surface area contributed by atoms with E-state index >= 15 is 0 Å². The molecule has 0 aromatic rings. The second kappa shape index (κ2) is 3.75. The molecule has 12 heavy (non-hydrogen) atoms. The number of aliphatic hydroxyl groups excluding tert-OH is 1. The summed E-state index contributed by atoms with van der Waals surface area (Å²) in [6.45, 7) is 6.74. The molecule has 1 aliphatic heterocycles. The van der Waals surface area contributed by atoms with Crippen molar-refractivity contribution in [3.05, 3.63) is 0 Å². The van der Waals surface area contributed by atoms with E-state index in [1.54, 1.807) is 0 Å². The lowest BCUT2D eigenvalue weighted by molar-refractivity contribution is 0.234. The summed E-state index contributed by atoms with van der Waals surface area (Å²) >= 11 is 0. The zero-order chi connectivity index (χ0) is 9.19. The lowest BCUT2D eigenvalue weighted by atomic mass is 9.97. The van der Waals surface area contributed by atoms with Crippen LogP contribution in [0, 0.1) is 5.92 Å². The van der Waals surface area contributed by atoms with Gasteiger partial charge in [-0.15, -0.1) is 0 Å². The largest absolute Gasteiger partial charge is 0.394 e. The Hall–Kier alpha value is -0.0800. The molecule has 0 aromatic heterocycles. The fourth-order valence-electron chi connectivity index (χ4n) is 1.60. The van der Waals surface area contributed by atoms with E-state index in [4.69, 9.17) is 9.84 Å². The molecule has 0 amide bonds. The molecular weight excluding hydrogens is 152 g/mol. The van der Waals surface area contributed by atoms with Gasteiger partial charge in [-0.3, -0.25) is 0 Å². The van der Waals surface area contributed by atoms with Gasteiger partial charge in [-0.25, -0.2) is 0 Å². The van der Waals surface area contributed by atoms with Crippen LogP contribution in [-0.4, -0.2) is 23.4 Å². The van der Waals surface area contributed by atoms with Crippen LogP contribution in [0.25, 0.3) is 0 Å². The highest BCUT2D eigenvalue weighted by Gasteiger charge is 2.50. The molecular formula is C10H20O2. The molecule has 0 spiro atoms. The predicted octanol–water partition coefficient (Wildman–Crippen LogP) is 1.96. The third kappa shape index (κ3) is 2.46. The Morgan fingerprint density at radius 3 is 2.58 bits per heavy atom. The molecule has 72 valence electrons. The summed E-state index contributed by atoms with van der Waals surface area (Å²) in [5.41, 5.74) is 0.00361. The number of rotatable bonds is 5. The smallest absolute Gasteiger partial charge is 0.110 e. The minimum Gasteiger partial charge on any atom is -0.394 e. The highest BCUT2D eigenvalue weighted by molar-refractivity contribution is 4.98. The van der Waals surface area contributed by atoms with Crippen molar-refractivity contribution >= 4 is 0 Å². The van der Waals surface area contributed by atoms with E-state index in [-0.39, 0.29) is 18.3 Å². The van der Waals surface area contributed by atoms with Crippen LogP contribution in [0.5, 0.6) is 0 Å². The molecule has 0 aromatic carbocycles. The third-order valence-electron chi connectivity index (χ3n) is 2.66. The van der Waals surface area contributed by atoms with Crippen LogP contribution < -0.4 is 0 Å². The second-order valence-corrected chi connectivity index (χ2v) is 4.39. The maximum atomic E-state index is 8.83. The van der Waals surface area contributed by atoms with Gasteiger partial charge in [0.05, 0.1) is 12.2 Å². The lowest BCUT2D eigenvalue weighted by Gasteiger charge is -2.07. The highest BCUT2D eigenvalue weighted by Crippen LogP contribution is 2.40. The molecule has 2 nitrogen and oxygen atoms in total. The summed E-state index contributed by atoms with van der Waals surface area (Å²) in [7, 11) is 0. The van der Waals surface area contributed by atoms with Crippen molar-refractivity contribution in [2.24, 2.45) is 5.92 Å². The van der Waals surface area contributed by atoms with Gasteiger partial charge in [0.1, 0.15) is 6.10 Å². The first-order valence-corrected chi connectivity index (χ1v) is 4.87. The number of hydrogen-bond acceptors (Lipinski definition) is 2. The number of epoxide rings is 1. The molecule has 2 heteroatoms. The van der Waals surface area contributed by atoms with Crippen molar-refractivity contribution in [1.82, 2.24) is 0 Å². The zero-order valence-corrected chi connectivity index (χ0v) is 8.34. The van der Waals surface area contributed by atoms with Gasteiger partial charge in [-0.2, -0.15) is 0 Å². The molecule has 1 saturated heterocycles. The van der Waals surface area contributed by atoms with Gasteiger partial charge in [0, 0.05) is 0 Å². The first-order chi connectivity index (χ1) is 5.58. The van der Waals surface area contributed by atoms with Crippen LogP contribution in [0.1, 0.15) is 40.0 Å². The Bertz CT molecular complexity index is 145. The molecule has 1 fully saturated rings. The van der Waals surface area contributed by atoms with Crippen LogP contribution >= 0.6 is 0 Å². The third-order valence-corrected chi connectivity index (χ3v) is 2.66. The van der Waals surface area contributed by atoms with Gasteiger partial charge >= 0.3 is 0 Å². The maximum Gasteiger partial charge on any atom is 0.110 e. The van der Waals surface area contributed by atoms with Crippen molar-refractivity contribution in [3.63, 3.8) is 0 Å². The first kappa shape index (κ1) is 10.0. The Labute approximate surface area is 74.9 Å². The van der Waals surface area contributed by atoms with Crippen molar-refractivity contribution in [2.45, 2.75) is 51.7 Å². The van der Waals surface area contributed by atoms with Crippen LogP contribution in [0.4, 0.5) is 0 Å². The van der Waals surface area contributed by atoms with E-state index in [0.717, 1.165) is 12.3 Å². The summed E-state index contributed by atoms with van der Waals surface area (Å²) in [4.78, 5) is 0. The normalized spacial score (nSPS) is 34.2. The summed E-state index contributed by atoms with van der Waals surface area (Å²) < 4.78 is 5.39. The van der Waals surface area contributed by atoms with Crippen LogP contribution in [0.15, 0.2) is 0 Å². The van der Waals surface area contributed by atoms with Gasteiger partial charge in [0.15, 0.2) is 0 Å². The SMILES string of the molecule is CC(C)CCC[C@]1(C)O[C@H]1CO. The Morgan fingerprint density at radius 2 is 2.17 bits per heavy atom. The van der Waals surface area contributed by atoms with Gasteiger partial charge in [0.2, 0.25) is 0 Å². The van der Waals surface area contributed by atoms with E-state index in [1.165, 1.54) is 12.8 Å². The molecule has 0 radical (unpaired) electrons. The Kier molecular flexibility index (Phi) is 3.13. The Balaban J connectivity index is 2.08. The van der Waals surface area contributed by atoms with E-state index < -0.39 is 0 Å². The van der Waals surface area contributed by atoms with Gasteiger partial charge < -0.3 is 9.84 Å². The average Bonchev–Trinajstić information content (AvgIpc) is 2.61. The number of ether oxygens (including phenoxy) is 1. The quantitative estimate of drug-likeness (QED) is 0.643. The van der Waals surface area contributed by atoms with Crippen molar-refractivity contribution in [2.75, 3.05) is 6.61 Å². The van der Waals surface area contributed by atoms with Gasteiger partial charge in [-0.1, -0.05) is 26.7 Å². The maximum absolute atomic E-state index is 8.83. The van der Waals surface area contributed by atoms with E-state index in [2.05, 4.69) is 20.8 Å². The number of hydrogen-bond donors (Lipinski definition) is 1. The summed E-state index contributed by atoms with van der Waals surface area (Å²) in [6.07, 6.45) is 3.68. The van der Waals surface area contributed by atoms with Crippen molar-refractivity contribution in [3.8, 4) is 0 Å². The van der Waals surface area contributed by atoms with E-state index in [1.807, 2.05) is 0 Å².